The summed E-state index contributed by atoms with van der Waals surface area (Å²) in [6.45, 7) is 1.40. The Bertz CT molecular complexity index is 2460. The molecule has 0 radical (unpaired) electrons. The molecule has 6 aromatic carbocycles. The number of anilines is 2. The Morgan fingerprint density at radius 1 is 0.489 bits per heavy atom. The van der Waals surface area contributed by atoms with Crippen LogP contribution in [0.15, 0.2) is 152 Å². The van der Waals surface area contributed by atoms with Crippen LogP contribution in [-0.4, -0.2) is 22.7 Å². The zero-order valence-corrected chi connectivity index (χ0v) is 25.6. The van der Waals surface area contributed by atoms with E-state index in [1.54, 1.807) is 0 Å². The molecule has 2 aliphatic rings. The van der Waals surface area contributed by atoms with E-state index in [1.807, 2.05) is 12.3 Å². The van der Waals surface area contributed by atoms with Crippen molar-refractivity contribution in [3.05, 3.63) is 152 Å². The maximum Gasteiger partial charge on any atom is 0.143 e. The van der Waals surface area contributed by atoms with Gasteiger partial charge >= 0.3 is 0 Å². The molecule has 47 heavy (non-hydrogen) atoms. The number of hydrogen-bond donors (Lipinski definition) is 0. The molecule has 0 atom stereocenters. The first-order chi connectivity index (χ1) is 23.3. The largest absolute Gasteiger partial charge is 0.490 e. The van der Waals surface area contributed by atoms with Crippen LogP contribution in [0.5, 0.6) is 5.75 Å². The summed E-state index contributed by atoms with van der Waals surface area (Å²) in [6.07, 6.45) is 1.90. The molecule has 4 heteroatoms. The summed E-state index contributed by atoms with van der Waals surface area (Å²) in [5, 5.41) is 2.51. The van der Waals surface area contributed by atoms with Gasteiger partial charge in [0.25, 0.3) is 0 Å². The molecule has 10 rings (SSSR count). The number of para-hydroxylation sites is 3. The minimum absolute atomic E-state index is 0.618. The molecular weight excluding hydrogens is 574 g/mol. The molecule has 0 spiro atoms. The first-order valence-electron chi connectivity index (χ1n) is 16.1. The Labute approximate surface area is 272 Å². The second-order valence-corrected chi connectivity index (χ2v) is 12.2. The number of fused-ring (bicyclic) bond motifs is 12. The Balaban J connectivity index is 1.31. The van der Waals surface area contributed by atoms with E-state index in [-0.39, 0.29) is 0 Å². The summed E-state index contributed by atoms with van der Waals surface area (Å²) in [4.78, 5) is 7.42. The summed E-state index contributed by atoms with van der Waals surface area (Å²) in [5.74, 6) is 0.879. The lowest BCUT2D eigenvalue weighted by Crippen LogP contribution is -2.28. The van der Waals surface area contributed by atoms with Crippen LogP contribution >= 0.6 is 0 Å². The van der Waals surface area contributed by atoms with Gasteiger partial charge < -0.3 is 14.2 Å². The number of benzene rings is 6. The molecular formula is C43H29N3O. The Morgan fingerprint density at radius 2 is 1.13 bits per heavy atom. The second kappa shape index (κ2) is 10.2. The summed E-state index contributed by atoms with van der Waals surface area (Å²) in [5.41, 5.74) is 14.8. The van der Waals surface area contributed by atoms with Crippen LogP contribution in [0.4, 0.5) is 11.4 Å². The standard InChI is InChI=1S/C43H29N3O/c1-2-11-28(12-3-1)45-23-24-47-42-27-38-37(26-41(42)45)36-25-29(46-39-18-8-6-15-33(39)34-16-7-9-19-40(34)46)20-21-32(36)30-13-4-5-14-31(30)35-17-10-22-44-43(35)38/h1-22,25-27H,23-24H2. The van der Waals surface area contributed by atoms with Gasteiger partial charge in [-0.25, -0.2) is 0 Å². The van der Waals surface area contributed by atoms with E-state index < -0.39 is 0 Å². The van der Waals surface area contributed by atoms with Crippen LogP contribution < -0.4 is 9.64 Å². The van der Waals surface area contributed by atoms with Crippen molar-refractivity contribution >= 4 is 33.2 Å². The number of rotatable bonds is 2. The highest BCUT2D eigenvalue weighted by molar-refractivity contribution is 6.10. The Hall–Kier alpha value is -6.13. The monoisotopic (exact) mass is 603 g/mol. The number of ether oxygens (including phenoxy) is 1. The van der Waals surface area contributed by atoms with Crippen LogP contribution in [0, 0.1) is 0 Å². The fraction of sp³-hybridized carbons (Fsp3) is 0.0465. The minimum Gasteiger partial charge on any atom is -0.490 e. The molecule has 0 saturated carbocycles. The van der Waals surface area contributed by atoms with E-state index in [4.69, 9.17) is 9.72 Å². The van der Waals surface area contributed by atoms with Gasteiger partial charge in [-0.1, -0.05) is 91.0 Å². The molecule has 4 nitrogen and oxygen atoms in total. The molecule has 3 heterocycles. The third-order valence-corrected chi connectivity index (χ3v) is 9.73. The van der Waals surface area contributed by atoms with Crippen LogP contribution in [0.1, 0.15) is 0 Å². The number of aromatic nitrogens is 2. The van der Waals surface area contributed by atoms with Crippen molar-refractivity contribution in [2.45, 2.75) is 0 Å². The van der Waals surface area contributed by atoms with Gasteiger partial charge in [0, 0.05) is 39.5 Å². The van der Waals surface area contributed by atoms with Crippen LogP contribution in [-0.2, 0) is 0 Å². The van der Waals surface area contributed by atoms with Gasteiger partial charge in [0.1, 0.15) is 12.4 Å². The lowest BCUT2D eigenvalue weighted by molar-refractivity contribution is 0.314. The normalized spacial score (nSPS) is 13.1. The van der Waals surface area contributed by atoms with Crippen molar-refractivity contribution in [1.29, 1.82) is 0 Å². The van der Waals surface area contributed by atoms with Gasteiger partial charge in [0.05, 0.1) is 29.0 Å². The molecule has 1 aliphatic heterocycles. The fourth-order valence-corrected chi connectivity index (χ4v) is 7.68. The van der Waals surface area contributed by atoms with Crippen molar-refractivity contribution in [2.24, 2.45) is 0 Å². The van der Waals surface area contributed by atoms with Gasteiger partial charge in [0.15, 0.2) is 0 Å². The highest BCUT2D eigenvalue weighted by Gasteiger charge is 2.28. The molecule has 8 aromatic rings. The predicted octanol–water partition coefficient (Wildman–Crippen LogP) is 10.7. The Morgan fingerprint density at radius 3 is 1.91 bits per heavy atom. The van der Waals surface area contributed by atoms with E-state index in [9.17, 15) is 0 Å². The fourth-order valence-electron chi connectivity index (χ4n) is 7.68. The van der Waals surface area contributed by atoms with E-state index in [1.165, 1.54) is 44.1 Å². The molecule has 2 aromatic heterocycles. The van der Waals surface area contributed by atoms with E-state index in [0.717, 1.165) is 51.7 Å². The lowest BCUT2D eigenvalue weighted by atomic mass is 9.82. The SMILES string of the molecule is c1ccc(N2CCOc3cc4c(cc32)-c2cc(-n3c5ccccc5c5ccccc53)ccc2-c2ccccc2-c2cccnc2-4)cc1. The zero-order chi connectivity index (χ0) is 30.9. The van der Waals surface area contributed by atoms with E-state index in [0.29, 0.717) is 6.61 Å². The highest BCUT2D eigenvalue weighted by atomic mass is 16.5. The average molecular weight is 604 g/mol. The van der Waals surface area contributed by atoms with Crippen molar-refractivity contribution in [3.63, 3.8) is 0 Å². The average Bonchev–Trinajstić information content (AvgIpc) is 3.48. The molecule has 0 bridgehead atoms. The van der Waals surface area contributed by atoms with Crippen LogP contribution in [0.25, 0.3) is 72.1 Å². The third kappa shape index (κ3) is 3.91. The van der Waals surface area contributed by atoms with Crippen molar-refractivity contribution < 1.29 is 4.74 Å². The predicted molar refractivity (Wildman–Crippen MR) is 193 cm³/mol. The molecule has 222 valence electrons. The summed E-state index contributed by atoms with van der Waals surface area (Å²) < 4.78 is 8.79. The van der Waals surface area contributed by atoms with Gasteiger partial charge in [-0.3, -0.25) is 4.98 Å². The lowest BCUT2D eigenvalue weighted by Gasteiger charge is -2.33. The number of nitrogens with zero attached hydrogens (tertiary/aromatic N) is 3. The maximum absolute atomic E-state index is 6.39. The molecule has 0 amide bonds. The molecule has 1 aliphatic carbocycles. The van der Waals surface area contributed by atoms with Crippen LogP contribution in [0.3, 0.4) is 0 Å². The zero-order valence-electron chi connectivity index (χ0n) is 25.6. The smallest absolute Gasteiger partial charge is 0.143 e. The molecule has 0 unspecified atom stereocenters. The van der Waals surface area contributed by atoms with E-state index in [2.05, 4.69) is 149 Å². The van der Waals surface area contributed by atoms with Crippen molar-refractivity contribution in [1.82, 2.24) is 9.55 Å². The van der Waals surface area contributed by atoms with Crippen molar-refractivity contribution in [2.75, 3.05) is 18.1 Å². The van der Waals surface area contributed by atoms with E-state index >= 15 is 0 Å². The van der Waals surface area contributed by atoms with Crippen LogP contribution in [0.2, 0.25) is 0 Å². The molecule has 0 fully saturated rings. The van der Waals surface area contributed by atoms with Crippen molar-refractivity contribution in [3.8, 4) is 56.1 Å². The van der Waals surface area contributed by atoms with Gasteiger partial charge in [-0.2, -0.15) is 0 Å². The third-order valence-electron chi connectivity index (χ3n) is 9.73. The van der Waals surface area contributed by atoms with Gasteiger partial charge in [-0.15, -0.1) is 0 Å². The summed E-state index contributed by atoms with van der Waals surface area (Å²) >= 11 is 0. The molecule has 0 N–H and O–H groups in total. The maximum atomic E-state index is 6.39. The minimum atomic E-state index is 0.618. The first kappa shape index (κ1) is 26.1. The summed E-state index contributed by atoms with van der Waals surface area (Å²) in [7, 11) is 0. The summed E-state index contributed by atoms with van der Waals surface area (Å²) in [6, 6.07) is 52.5. The first-order valence-corrected chi connectivity index (χ1v) is 16.1. The van der Waals surface area contributed by atoms with Gasteiger partial charge in [-0.05, 0) is 82.4 Å². The van der Waals surface area contributed by atoms with Gasteiger partial charge in [0.2, 0.25) is 0 Å². The quantitative estimate of drug-likeness (QED) is 0.197. The molecule has 0 saturated heterocycles. The number of pyridine rings is 1. The number of hydrogen-bond acceptors (Lipinski definition) is 3. The topological polar surface area (TPSA) is 30.3 Å². The Kier molecular flexibility index (Phi) is 5.67. The second-order valence-electron chi connectivity index (χ2n) is 12.2. The highest BCUT2D eigenvalue weighted by Crippen LogP contribution is 2.51.